The quantitative estimate of drug-likeness (QED) is 0.677. The van der Waals surface area contributed by atoms with Gasteiger partial charge in [-0.15, -0.1) is 0 Å². The van der Waals surface area contributed by atoms with Crippen LogP contribution in [0.1, 0.15) is 27.7 Å². The first-order valence-electron chi connectivity index (χ1n) is 4.75. The Kier molecular flexibility index (Phi) is 4.80. The van der Waals surface area contributed by atoms with E-state index in [-0.39, 0.29) is 5.54 Å². The molecule has 0 atom stereocenters. The molecule has 0 aromatic heterocycles. The normalized spacial score (nSPS) is 13.0. The summed E-state index contributed by atoms with van der Waals surface area (Å²) in [6.07, 6.45) is 0. The lowest BCUT2D eigenvalue weighted by atomic mass is 10.1. The van der Waals surface area contributed by atoms with Gasteiger partial charge in [-0.05, 0) is 33.9 Å². The molecule has 2 heteroatoms. The van der Waals surface area contributed by atoms with Gasteiger partial charge in [0.15, 0.2) is 0 Å². The van der Waals surface area contributed by atoms with Gasteiger partial charge in [0.05, 0.1) is 0 Å². The minimum absolute atomic E-state index is 0.226. The number of nitrogens with one attached hydrogen (secondary N) is 1. The predicted molar refractivity (Wildman–Crippen MR) is 55.5 cm³/mol. The Balaban J connectivity index is 3.75. The van der Waals surface area contributed by atoms with Crippen LogP contribution in [0.5, 0.6) is 0 Å². The highest BCUT2D eigenvalue weighted by Gasteiger charge is 2.17. The minimum atomic E-state index is 0.226. The smallest absolute Gasteiger partial charge is 0.0249 e. The zero-order chi connectivity index (χ0) is 9.78. The van der Waals surface area contributed by atoms with Gasteiger partial charge in [-0.1, -0.05) is 13.8 Å². The second-order valence-corrected chi connectivity index (χ2v) is 4.72. The van der Waals surface area contributed by atoms with Crippen molar-refractivity contribution in [3.8, 4) is 0 Å². The molecule has 0 saturated heterocycles. The molecule has 0 unspecified atom stereocenters. The largest absolute Gasteiger partial charge is 0.314 e. The van der Waals surface area contributed by atoms with E-state index in [1.54, 1.807) is 0 Å². The molecule has 0 fully saturated rings. The van der Waals surface area contributed by atoms with Crippen molar-refractivity contribution in [1.82, 2.24) is 10.2 Å². The van der Waals surface area contributed by atoms with Crippen LogP contribution >= 0.6 is 0 Å². The zero-order valence-corrected chi connectivity index (χ0v) is 9.44. The molecule has 1 N–H and O–H groups in total. The Morgan fingerprint density at radius 1 is 1.33 bits per heavy atom. The minimum Gasteiger partial charge on any atom is -0.314 e. The molecule has 0 saturated carbocycles. The van der Waals surface area contributed by atoms with E-state index in [1.807, 2.05) is 7.05 Å². The molecule has 0 rings (SSSR count). The van der Waals surface area contributed by atoms with Gasteiger partial charge < -0.3 is 10.2 Å². The van der Waals surface area contributed by atoms with Crippen LogP contribution in [-0.4, -0.2) is 37.6 Å². The zero-order valence-electron chi connectivity index (χ0n) is 9.44. The number of likely N-dealkylation sites (N-methyl/N-ethyl adjacent to an activating group) is 2. The molecule has 0 bridgehead atoms. The van der Waals surface area contributed by atoms with Gasteiger partial charge in [0, 0.05) is 18.6 Å². The monoisotopic (exact) mass is 172 g/mol. The maximum Gasteiger partial charge on any atom is 0.0249 e. The molecule has 0 aliphatic heterocycles. The summed E-state index contributed by atoms with van der Waals surface area (Å²) in [5.41, 5.74) is 0.226. The summed E-state index contributed by atoms with van der Waals surface area (Å²) in [6, 6.07) is 0. The van der Waals surface area contributed by atoms with Crippen LogP contribution in [0.2, 0.25) is 0 Å². The van der Waals surface area contributed by atoms with Gasteiger partial charge in [0.25, 0.3) is 0 Å². The summed E-state index contributed by atoms with van der Waals surface area (Å²) in [5.74, 6) is 0.752. The maximum atomic E-state index is 3.30. The second-order valence-electron chi connectivity index (χ2n) is 4.72. The lowest BCUT2D eigenvalue weighted by Crippen LogP contribution is -2.47. The molecular weight excluding hydrogens is 148 g/mol. The van der Waals surface area contributed by atoms with E-state index in [0.717, 1.165) is 12.5 Å². The Morgan fingerprint density at radius 3 is 2.17 bits per heavy atom. The highest BCUT2D eigenvalue weighted by Crippen LogP contribution is 2.05. The van der Waals surface area contributed by atoms with E-state index in [1.165, 1.54) is 6.54 Å². The molecular formula is C10H24N2. The van der Waals surface area contributed by atoms with E-state index in [9.17, 15) is 0 Å². The summed E-state index contributed by atoms with van der Waals surface area (Å²) in [7, 11) is 4.20. The Labute approximate surface area is 77.3 Å². The van der Waals surface area contributed by atoms with Crippen molar-refractivity contribution in [3.05, 3.63) is 0 Å². The fraction of sp³-hybridized carbons (Fsp3) is 1.00. The highest BCUT2D eigenvalue weighted by molar-refractivity contribution is 4.78. The highest BCUT2D eigenvalue weighted by atomic mass is 15.1. The van der Waals surface area contributed by atoms with Crippen molar-refractivity contribution in [2.24, 2.45) is 5.92 Å². The molecule has 0 radical (unpaired) electrons. The van der Waals surface area contributed by atoms with Crippen molar-refractivity contribution >= 4 is 0 Å². The summed E-state index contributed by atoms with van der Waals surface area (Å²) in [5, 5.41) is 3.30. The first-order valence-corrected chi connectivity index (χ1v) is 4.75. The summed E-state index contributed by atoms with van der Waals surface area (Å²) < 4.78 is 0. The van der Waals surface area contributed by atoms with Crippen LogP contribution in [0, 0.1) is 5.92 Å². The molecule has 0 aromatic carbocycles. The third kappa shape index (κ3) is 5.56. The number of hydrogen-bond acceptors (Lipinski definition) is 2. The fourth-order valence-electron chi connectivity index (χ4n) is 1.44. The molecule has 0 amide bonds. The van der Waals surface area contributed by atoms with Crippen LogP contribution in [0.4, 0.5) is 0 Å². The Bertz CT molecular complexity index is 119. The van der Waals surface area contributed by atoms with Crippen molar-refractivity contribution in [3.63, 3.8) is 0 Å². The molecule has 12 heavy (non-hydrogen) atoms. The lowest BCUT2D eigenvalue weighted by molar-refractivity contribution is 0.224. The van der Waals surface area contributed by atoms with E-state index in [0.29, 0.717) is 0 Å². The van der Waals surface area contributed by atoms with Gasteiger partial charge in [-0.2, -0.15) is 0 Å². The summed E-state index contributed by atoms with van der Waals surface area (Å²) in [4.78, 5) is 2.38. The van der Waals surface area contributed by atoms with Gasteiger partial charge in [-0.3, -0.25) is 0 Å². The Hall–Kier alpha value is -0.0800. The standard InChI is InChI=1S/C10H24N2/c1-9(2)7-12(6)8-10(3,4)11-5/h9,11H,7-8H2,1-6H3. The van der Waals surface area contributed by atoms with E-state index in [4.69, 9.17) is 0 Å². The van der Waals surface area contributed by atoms with Crippen molar-refractivity contribution in [2.45, 2.75) is 33.2 Å². The number of hydrogen-bond donors (Lipinski definition) is 1. The molecule has 0 aliphatic rings. The van der Waals surface area contributed by atoms with Crippen molar-refractivity contribution in [2.75, 3.05) is 27.2 Å². The molecule has 0 heterocycles. The average molecular weight is 172 g/mol. The second kappa shape index (κ2) is 4.83. The SMILES string of the molecule is CNC(C)(C)CN(C)CC(C)C. The first kappa shape index (κ1) is 11.9. The van der Waals surface area contributed by atoms with Crippen LogP contribution in [0.15, 0.2) is 0 Å². The molecule has 0 aromatic rings. The van der Waals surface area contributed by atoms with Crippen molar-refractivity contribution in [1.29, 1.82) is 0 Å². The molecule has 74 valence electrons. The number of rotatable bonds is 5. The molecule has 0 aliphatic carbocycles. The predicted octanol–water partition coefficient (Wildman–Crippen LogP) is 1.57. The topological polar surface area (TPSA) is 15.3 Å². The van der Waals surface area contributed by atoms with E-state index >= 15 is 0 Å². The van der Waals surface area contributed by atoms with E-state index in [2.05, 4.69) is 45.0 Å². The Morgan fingerprint density at radius 2 is 1.83 bits per heavy atom. The van der Waals surface area contributed by atoms with Gasteiger partial charge in [-0.25, -0.2) is 0 Å². The van der Waals surface area contributed by atoms with Crippen LogP contribution in [-0.2, 0) is 0 Å². The first-order chi connectivity index (χ1) is 5.37. The van der Waals surface area contributed by atoms with Crippen LogP contribution in [0.25, 0.3) is 0 Å². The third-order valence-corrected chi connectivity index (χ3v) is 2.02. The van der Waals surface area contributed by atoms with E-state index < -0.39 is 0 Å². The van der Waals surface area contributed by atoms with Crippen LogP contribution < -0.4 is 5.32 Å². The average Bonchev–Trinajstić information content (AvgIpc) is 1.84. The summed E-state index contributed by atoms with van der Waals surface area (Å²) >= 11 is 0. The van der Waals surface area contributed by atoms with Crippen LogP contribution in [0.3, 0.4) is 0 Å². The van der Waals surface area contributed by atoms with Gasteiger partial charge >= 0.3 is 0 Å². The third-order valence-electron chi connectivity index (χ3n) is 2.02. The molecule has 0 spiro atoms. The lowest BCUT2D eigenvalue weighted by Gasteiger charge is -2.30. The van der Waals surface area contributed by atoms with Gasteiger partial charge in [0.1, 0.15) is 0 Å². The van der Waals surface area contributed by atoms with Gasteiger partial charge in [0.2, 0.25) is 0 Å². The fourth-order valence-corrected chi connectivity index (χ4v) is 1.44. The molecule has 2 nitrogen and oxygen atoms in total. The maximum absolute atomic E-state index is 3.30. The number of nitrogens with zero attached hydrogens (tertiary/aromatic N) is 1. The van der Waals surface area contributed by atoms with Crippen molar-refractivity contribution < 1.29 is 0 Å². The summed E-state index contributed by atoms with van der Waals surface area (Å²) in [6.45, 7) is 11.2.